The fourth-order valence-electron chi connectivity index (χ4n) is 2.96. The fraction of sp³-hybridized carbons (Fsp3) is 0.933. The van der Waals surface area contributed by atoms with Gasteiger partial charge in [-0.15, -0.1) is 0 Å². The fourth-order valence-corrected chi connectivity index (χ4v) is 2.96. The summed E-state index contributed by atoms with van der Waals surface area (Å²) in [5, 5.41) is 3.27. The number of hydrogen-bond acceptors (Lipinski definition) is 4. The number of nitrogens with one attached hydrogen (secondary N) is 1. The van der Waals surface area contributed by atoms with Crippen LogP contribution in [-0.2, 0) is 9.47 Å². The standard InChI is InChI=1S/C15H27FN2O3/c1-15(2,3)21-14(19)18(11-4-7-17-8-5-11)13-6-9-20-10-12(13)16/h11-13,17H,4-10H2,1-3H3. The molecule has 0 aromatic carbocycles. The molecule has 0 radical (unpaired) electrons. The SMILES string of the molecule is CC(C)(C)OC(=O)N(C1CCNCC1)C1CCOCC1F. The predicted molar refractivity (Wildman–Crippen MR) is 78.1 cm³/mol. The summed E-state index contributed by atoms with van der Waals surface area (Å²) < 4.78 is 24.9. The molecule has 21 heavy (non-hydrogen) atoms. The molecule has 1 amide bonds. The molecule has 5 nitrogen and oxygen atoms in total. The second kappa shape index (κ2) is 6.92. The number of ether oxygens (including phenoxy) is 2. The van der Waals surface area contributed by atoms with Crippen molar-refractivity contribution in [1.82, 2.24) is 10.2 Å². The van der Waals surface area contributed by atoms with E-state index in [1.165, 1.54) is 0 Å². The largest absolute Gasteiger partial charge is 0.444 e. The quantitative estimate of drug-likeness (QED) is 0.849. The number of amides is 1. The summed E-state index contributed by atoms with van der Waals surface area (Å²) in [5.74, 6) is 0. The van der Waals surface area contributed by atoms with Gasteiger partial charge in [-0.3, -0.25) is 4.90 Å². The number of carbonyl (C=O) groups excluding carboxylic acids is 1. The van der Waals surface area contributed by atoms with Crippen molar-refractivity contribution in [2.45, 2.75) is 63.9 Å². The molecular weight excluding hydrogens is 275 g/mol. The number of piperidine rings is 1. The Morgan fingerprint density at radius 2 is 1.95 bits per heavy atom. The smallest absolute Gasteiger partial charge is 0.410 e. The van der Waals surface area contributed by atoms with Crippen molar-refractivity contribution >= 4 is 6.09 Å². The molecule has 122 valence electrons. The summed E-state index contributed by atoms with van der Waals surface area (Å²) in [5.41, 5.74) is -0.570. The van der Waals surface area contributed by atoms with Gasteiger partial charge in [0.2, 0.25) is 0 Å². The number of alkyl halides is 1. The summed E-state index contributed by atoms with van der Waals surface area (Å²) in [6.45, 7) is 7.77. The Morgan fingerprint density at radius 3 is 2.52 bits per heavy atom. The van der Waals surface area contributed by atoms with E-state index in [2.05, 4.69) is 5.32 Å². The molecule has 0 aliphatic carbocycles. The van der Waals surface area contributed by atoms with Gasteiger partial charge in [0.05, 0.1) is 12.6 Å². The van der Waals surface area contributed by atoms with E-state index in [4.69, 9.17) is 9.47 Å². The summed E-state index contributed by atoms with van der Waals surface area (Å²) >= 11 is 0. The van der Waals surface area contributed by atoms with Gasteiger partial charge in [0.1, 0.15) is 11.8 Å². The average molecular weight is 302 g/mol. The average Bonchev–Trinajstić information content (AvgIpc) is 2.40. The van der Waals surface area contributed by atoms with Crippen LogP contribution in [0, 0.1) is 0 Å². The summed E-state index contributed by atoms with van der Waals surface area (Å²) in [4.78, 5) is 14.2. The van der Waals surface area contributed by atoms with E-state index in [1.54, 1.807) is 4.90 Å². The lowest BCUT2D eigenvalue weighted by Crippen LogP contribution is -2.57. The molecule has 2 aliphatic rings. The zero-order chi connectivity index (χ0) is 15.5. The molecular formula is C15H27FN2O3. The molecule has 0 saturated carbocycles. The van der Waals surface area contributed by atoms with Crippen LogP contribution in [0.3, 0.4) is 0 Å². The molecule has 6 heteroatoms. The van der Waals surface area contributed by atoms with Crippen LogP contribution in [0.5, 0.6) is 0 Å². The van der Waals surface area contributed by atoms with E-state index in [0.29, 0.717) is 13.0 Å². The molecule has 0 bridgehead atoms. The molecule has 2 unspecified atom stereocenters. The maximum Gasteiger partial charge on any atom is 0.410 e. The zero-order valence-corrected chi connectivity index (χ0v) is 13.2. The zero-order valence-electron chi connectivity index (χ0n) is 13.2. The van der Waals surface area contributed by atoms with Gasteiger partial charge in [0.25, 0.3) is 0 Å². The van der Waals surface area contributed by atoms with Crippen molar-refractivity contribution in [3.05, 3.63) is 0 Å². The van der Waals surface area contributed by atoms with Gasteiger partial charge in [-0.05, 0) is 53.1 Å². The minimum Gasteiger partial charge on any atom is -0.444 e. The maximum absolute atomic E-state index is 14.3. The van der Waals surface area contributed by atoms with Crippen LogP contribution < -0.4 is 5.32 Å². The molecule has 2 aliphatic heterocycles. The van der Waals surface area contributed by atoms with Crippen LogP contribution in [0.2, 0.25) is 0 Å². The molecule has 2 heterocycles. The summed E-state index contributed by atoms with van der Waals surface area (Å²) in [6, 6.07) is -0.390. The highest BCUT2D eigenvalue weighted by molar-refractivity contribution is 5.69. The lowest BCUT2D eigenvalue weighted by molar-refractivity contribution is -0.0548. The van der Waals surface area contributed by atoms with Crippen LogP contribution in [0.15, 0.2) is 0 Å². The van der Waals surface area contributed by atoms with E-state index in [9.17, 15) is 9.18 Å². The van der Waals surface area contributed by atoms with Crippen LogP contribution in [0.25, 0.3) is 0 Å². The number of rotatable bonds is 2. The number of nitrogens with zero attached hydrogens (tertiary/aromatic N) is 1. The monoisotopic (exact) mass is 302 g/mol. The van der Waals surface area contributed by atoms with Crippen molar-refractivity contribution < 1.29 is 18.7 Å². The van der Waals surface area contributed by atoms with Crippen molar-refractivity contribution in [3.8, 4) is 0 Å². The topological polar surface area (TPSA) is 50.8 Å². The highest BCUT2D eigenvalue weighted by atomic mass is 19.1. The van der Waals surface area contributed by atoms with E-state index in [-0.39, 0.29) is 12.6 Å². The Labute approximate surface area is 126 Å². The van der Waals surface area contributed by atoms with Gasteiger partial charge >= 0.3 is 6.09 Å². The summed E-state index contributed by atoms with van der Waals surface area (Å²) in [7, 11) is 0. The second-order valence-corrected chi connectivity index (χ2v) is 6.82. The first-order chi connectivity index (χ1) is 9.88. The van der Waals surface area contributed by atoms with Gasteiger partial charge < -0.3 is 14.8 Å². The molecule has 0 aromatic heterocycles. The van der Waals surface area contributed by atoms with Crippen molar-refractivity contribution in [2.24, 2.45) is 0 Å². The van der Waals surface area contributed by atoms with Gasteiger partial charge in [0, 0.05) is 12.6 Å². The number of halogens is 1. The lowest BCUT2D eigenvalue weighted by Gasteiger charge is -2.43. The van der Waals surface area contributed by atoms with Crippen LogP contribution >= 0.6 is 0 Å². The Bertz CT molecular complexity index is 353. The van der Waals surface area contributed by atoms with Gasteiger partial charge in [-0.25, -0.2) is 9.18 Å². The Balaban J connectivity index is 2.14. The molecule has 0 aromatic rings. The molecule has 2 rings (SSSR count). The summed E-state index contributed by atoms with van der Waals surface area (Å²) in [6.07, 6.45) is 0.668. The third kappa shape index (κ3) is 4.54. The first kappa shape index (κ1) is 16.5. The third-order valence-electron chi connectivity index (χ3n) is 3.92. The normalized spacial score (nSPS) is 28.2. The van der Waals surface area contributed by atoms with Crippen LogP contribution in [0.4, 0.5) is 9.18 Å². The molecule has 2 atom stereocenters. The third-order valence-corrected chi connectivity index (χ3v) is 3.92. The van der Waals surface area contributed by atoms with Gasteiger partial charge in [-0.1, -0.05) is 0 Å². The van der Waals surface area contributed by atoms with Crippen molar-refractivity contribution in [1.29, 1.82) is 0 Å². The predicted octanol–water partition coefficient (Wildman–Crippen LogP) is 2.10. The van der Waals surface area contributed by atoms with E-state index in [0.717, 1.165) is 25.9 Å². The second-order valence-electron chi connectivity index (χ2n) is 6.82. The minimum absolute atomic E-state index is 0.0439. The van der Waals surface area contributed by atoms with E-state index < -0.39 is 23.9 Å². The van der Waals surface area contributed by atoms with Gasteiger partial charge in [-0.2, -0.15) is 0 Å². The first-order valence-corrected chi connectivity index (χ1v) is 7.82. The Hall–Kier alpha value is -0.880. The molecule has 2 fully saturated rings. The van der Waals surface area contributed by atoms with E-state index in [1.807, 2.05) is 20.8 Å². The van der Waals surface area contributed by atoms with Crippen LogP contribution in [0.1, 0.15) is 40.0 Å². The Kier molecular flexibility index (Phi) is 5.43. The minimum atomic E-state index is -1.14. The number of hydrogen-bond donors (Lipinski definition) is 1. The molecule has 2 saturated heterocycles. The number of carbonyl (C=O) groups is 1. The highest BCUT2D eigenvalue weighted by Crippen LogP contribution is 2.26. The van der Waals surface area contributed by atoms with Crippen molar-refractivity contribution in [3.63, 3.8) is 0 Å². The van der Waals surface area contributed by atoms with Gasteiger partial charge in [0.15, 0.2) is 0 Å². The van der Waals surface area contributed by atoms with Crippen LogP contribution in [-0.4, -0.2) is 61.2 Å². The molecule has 0 spiro atoms. The van der Waals surface area contributed by atoms with E-state index >= 15 is 0 Å². The van der Waals surface area contributed by atoms with Crippen molar-refractivity contribution in [2.75, 3.05) is 26.3 Å². The highest BCUT2D eigenvalue weighted by Gasteiger charge is 2.40. The maximum atomic E-state index is 14.3. The first-order valence-electron chi connectivity index (χ1n) is 7.82. The molecule has 1 N–H and O–H groups in total. The lowest BCUT2D eigenvalue weighted by atomic mass is 9.98. The Morgan fingerprint density at radius 1 is 1.29 bits per heavy atom.